The molecule has 0 saturated heterocycles. The number of hydrogen-bond donors (Lipinski definition) is 2. The zero-order valence-electron chi connectivity index (χ0n) is 17.9. The number of fused-ring (bicyclic) bond motifs is 1. The molecule has 5 nitrogen and oxygen atoms in total. The van der Waals surface area contributed by atoms with Crippen LogP contribution < -0.4 is 5.32 Å². The van der Waals surface area contributed by atoms with Gasteiger partial charge >= 0.3 is 0 Å². The van der Waals surface area contributed by atoms with Crippen molar-refractivity contribution in [2.75, 3.05) is 19.0 Å². The minimum atomic E-state index is 0.207. The molecule has 0 spiro atoms. The minimum Gasteiger partial charge on any atom is -0.396 e. The van der Waals surface area contributed by atoms with Gasteiger partial charge in [0, 0.05) is 43.5 Å². The number of aromatic nitrogens is 3. The van der Waals surface area contributed by atoms with Gasteiger partial charge in [-0.2, -0.15) is 0 Å². The van der Waals surface area contributed by atoms with Crippen LogP contribution in [0, 0.1) is 6.92 Å². The molecule has 3 aromatic heterocycles. The highest BCUT2D eigenvalue weighted by atomic mass is 16.3. The summed E-state index contributed by atoms with van der Waals surface area (Å²) in [5.74, 6) is 1.59. The van der Waals surface area contributed by atoms with E-state index in [2.05, 4.69) is 62.0 Å². The van der Waals surface area contributed by atoms with Gasteiger partial charge in [0.05, 0.1) is 5.69 Å². The molecule has 1 atom stereocenters. The molecule has 0 aromatic carbocycles. The first-order chi connectivity index (χ1) is 13.4. The van der Waals surface area contributed by atoms with E-state index in [0.717, 1.165) is 46.8 Å². The quantitative estimate of drug-likeness (QED) is 0.606. The summed E-state index contributed by atoms with van der Waals surface area (Å²) in [6, 6.07) is 6.46. The largest absolute Gasteiger partial charge is 0.396 e. The maximum Gasteiger partial charge on any atom is 0.140 e. The summed E-state index contributed by atoms with van der Waals surface area (Å²) in [6.45, 7) is 8.80. The molecular formula is C23H32N4O. The summed E-state index contributed by atoms with van der Waals surface area (Å²) in [7, 11) is 3.95. The van der Waals surface area contributed by atoms with Crippen molar-refractivity contribution in [2.45, 2.75) is 52.4 Å². The van der Waals surface area contributed by atoms with E-state index in [1.165, 1.54) is 10.9 Å². The van der Waals surface area contributed by atoms with E-state index >= 15 is 0 Å². The SMILES string of the molecule is CC[C@@H](CCO)c1cn(C)c2nc(-c3ccc(C(C)C)nc3NC)c(C)cc12. The van der Waals surface area contributed by atoms with Crippen molar-refractivity contribution in [2.24, 2.45) is 7.05 Å². The van der Waals surface area contributed by atoms with Crippen LogP contribution in [0.1, 0.15) is 62.3 Å². The van der Waals surface area contributed by atoms with Crippen LogP contribution in [0.3, 0.4) is 0 Å². The molecule has 0 amide bonds. The van der Waals surface area contributed by atoms with Gasteiger partial charge in [0.15, 0.2) is 0 Å². The lowest BCUT2D eigenvalue weighted by Crippen LogP contribution is -2.03. The highest BCUT2D eigenvalue weighted by molar-refractivity contribution is 5.87. The third-order valence-corrected chi connectivity index (χ3v) is 5.58. The van der Waals surface area contributed by atoms with Crippen LogP contribution in [0.2, 0.25) is 0 Å². The van der Waals surface area contributed by atoms with Crippen LogP contribution in [0.15, 0.2) is 24.4 Å². The highest BCUT2D eigenvalue weighted by Gasteiger charge is 2.19. The van der Waals surface area contributed by atoms with Gasteiger partial charge in [0.2, 0.25) is 0 Å². The first-order valence-corrected chi connectivity index (χ1v) is 10.2. The van der Waals surface area contributed by atoms with E-state index in [9.17, 15) is 5.11 Å². The molecule has 0 fully saturated rings. The molecule has 3 heterocycles. The van der Waals surface area contributed by atoms with Gasteiger partial charge in [-0.15, -0.1) is 0 Å². The molecule has 3 rings (SSSR count). The van der Waals surface area contributed by atoms with Gasteiger partial charge in [-0.25, -0.2) is 9.97 Å². The molecule has 2 N–H and O–H groups in total. The van der Waals surface area contributed by atoms with Crippen LogP contribution in [-0.2, 0) is 7.05 Å². The Morgan fingerprint density at radius 1 is 1.21 bits per heavy atom. The lowest BCUT2D eigenvalue weighted by atomic mass is 9.93. The third-order valence-electron chi connectivity index (χ3n) is 5.58. The maximum absolute atomic E-state index is 9.44. The highest BCUT2D eigenvalue weighted by Crippen LogP contribution is 2.35. The van der Waals surface area contributed by atoms with E-state index in [1.54, 1.807) is 0 Å². The van der Waals surface area contributed by atoms with Crippen molar-refractivity contribution in [3.8, 4) is 11.3 Å². The van der Waals surface area contributed by atoms with Gasteiger partial charge in [0.1, 0.15) is 11.5 Å². The zero-order chi connectivity index (χ0) is 20.4. The fourth-order valence-corrected chi connectivity index (χ4v) is 3.94. The fourth-order valence-electron chi connectivity index (χ4n) is 3.94. The predicted octanol–water partition coefficient (Wildman–Crippen LogP) is 4.98. The molecule has 28 heavy (non-hydrogen) atoms. The molecule has 0 aliphatic heterocycles. The number of hydrogen-bond acceptors (Lipinski definition) is 4. The summed E-state index contributed by atoms with van der Waals surface area (Å²) in [5, 5.41) is 13.9. The predicted molar refractivity (Wildman–Crippen MR) is 117 cm³/mol. The summed E-state index contributed by atoms with van der Waals surface area (Å²) >= 11 is 0. The number of aliphatic hydroxyl groups is 1. The Bertz CT molecular complexity index is 974. The van der Waals surface area contributed by atoms with Gasteiger partial charge in [-0.3, -0.25) is 0 Å². The van der Waals surface area contributed by atoms with Gasteiger partial charge in [-0.05, 0) is 60.9 Å². The van der Waals surface area contributed by atoms with Crippen molar-refractivity contribution in [3.63, 3.8) is 0 Å². The van der Waals surface area contributed by atoms with Crippen molar-refractivity contribution in [1.29, 1.82) is 0 Å². The van der Waals surface area contributed by atoms with Gasteiger partial charge < -0.3 is 15.0 Å². The molecular weight excluding hydrogens is 348 g/mol. The number of pyridine rings is 2. The summed E-state index contributed by atoms with van der Waals surface area (Å²) in [6.07, 6.45) is 3.95. The Kier molecular flexibility index (Phi) is 6.04. The zero-order valence-corrected chi connectivity index (χ0v) is 17.9. The van der Waals surface area contributed by atoms with Crippen molar-refractivity contribution in [3.05, 3.63) is 41.2 Å². The average molecular weight is 381 g/mol. The van der Waals surface area contributed by atoms with E-state index in [4.69, 9.17) is 9.97 Å². The molecule has 0 saturated carbocycles. The Morgan fingerprint density at radius 2 is 1.96 bits per heavy atom. The van der Waals surface area contributed by atoms with Crippen molar-refractivity contribution in [1.82, 2.24) is 14.5 Å². The van der Waals surface area contributed by atoms with Crippen molar-refractivity contribution < 1.29 is 5.11 Å². The van der Waals surface area contributed by atoms with Crippen LogP contribution in [0.25, 0.3) is 22.3 Å². The second-order valence-electron chi connectivity index (χ2n) is 7.87. The molecule has 3 aromatic rings. The van der Waals surface area contributed by atoms with Gasteiger partial charge in [-0.1, -0.05) is 20.8 Å². The topological polar surface area (TPSA) is 63.0 Å². The average Bonchev–Trinajstić information content (AvgIpc) is 3.00. The summed E-state index contributed by atoms with van der Waals surface area (Å²) in [5.41, 5.74) is 6.44. The molecule has 150 valence electrons. The molecule has 0 aliphatic carbocycles. The second-order valence-corrected chi connectivity index (χ2v) is 7.87. The third kappa shape index (κ3) is 3.63. The number of rotatable bonds is 7. The van der Waals surface area contributed by atoms with Crippen molar-refractivity contribution >= 4 is 16.9 Å². The lowest BCUT2D eigenvalue weighted by Gasteiger charge is -2.15. The molecule has 0 radical (unpaired) electrons. The second kappa shape index (κ2) is 8.31. The monoisotopic (exact) mass is 380 g/mol. The maximum atomic E-state index is 9.44. The van der Waals surface area contributed by atoms with E-state index in [0.29, 0.717) is 11.8 Å². The first kappa shape index (κ1) is 20.3. The molecule has 5 heteroatoms. The standard InChI is InChI=1S/C23H32N4O/c1-7-16(10-11-28)19-13-27(6)23-18(19)12-15(4)21(26-23)17-8-9-20(14(2)3)25-22(17)24-5/h8-9,12-14,16,28H,7,10-11H2,1-6H3,(H,24,25)/t16-/m0/s1. The number of nitrogens with one attached hydrogen (secondary N) is 1. The van der Waals surface area contributed by atoms with E-state index < -0.39 is 0 Å². The van der Waals surface area contributed by atoms with Gasteiger partial charge in [0.25, 0.3) is 0 Å². The minimum absolute atomic E-state index is 0.207. The number of anilines is 1. The molecule has 0 bridgehead atoms. The van der Waals surface area contributed by atoms with Crippen LogP contribution in [0.4, 0.5) is 5.82 Å². The Labute approximate surface area is 167 Å². The molecule has 0 unspecified atom stereocenters. The van der Waals surface area contributed by atoms with Crippen LogP contribution in [0.5, 0.6) is 0 Å². The summed E-state index contributed by atoms with van der Waals surface area (Å²) < 4.78 is 2.10. The first-order valence-electron chi connectivity index (χ1n) is 10.2. The molecule has 0 aliphatic rings. The smallest absolute Gasteiger partial charge is 0.140 e. The number of aryl methyl sites for hydroxylation is 2. The Hall–Kier alpha value is -2.40. The number of nitrogens with zero attached hydrogens (tertiary/aromatic N) is 3. The number of aliphatic hydroxyl groups excluding tert-OH is 1. The normalized spacial score (nSPS) is 12.7. The van der Waals surface area contributed by atoms with Crippen LogP contribution in [-0.4, -0.2) is 33.3 Å². The van der Waals surface area contributed by atoms with Crippen LogP contribution >= 0.6 is 0 Å². The fraction of sp³-hybridized carbons (Fsp3) is 0.478. The van der Waals surface area contributed by atoms with E-state index in [-0.39, 0.29) is 6.61 Å². The lowest BCUT2D eigenvalue weighted by molar-refractivity contribution is 0.274. The Balaban J connectivity index is 2.17. The van der Waals surface area contributed by atoms with E-state index in [1.807, 2.05) is 14.1 Å². The Morgan fingerprint density at radius 3 is 2.57 bits per heavy atom. The summed E-state index contributed by atoms with van der Waals surface area (Å²) in [4.78, 5) is 9.84.